The highest BCUT2D eigenvalue weighted by molar-refractivity contribution is 5.78. The number of nitrogens with one attached hydrogen (secondary N) is 1. The second-order valence-corrected chi connectivity index (χ2v) is 4.79. The molecule has 0 spiro atoms. The lowest BCUT2D eigenvalue weighted by atomic mass is 10.1. The van der Waals surface area contributed by atoms with Crippen molar-refractivity contribution in [3.63, 3.8) is 0 Å². The molecule has 1 aromatic carbocycles. The highest BCUT2D eigenvalue weighted by Crippen LogP contribution is 2.40. The summed E-state index contributed by atoms with van der Waals surface area (Å²) in [6.45, 7) is 9.33. The van der Waals surface area contributed by atoms with E-state index >= 15 is 0 Å². The first-order chi connectivity index (χ1) is 8.90. The summed E-state index contributed by atoms with van der Waals surface area (Å²) in [5.74, 6) is 1.04. The number of piperazine rings is 1. The summed E-state index contributed by atoms with van der Waals surface area (Å²) >= 11 is 0. The maximum atomic E-state index is 5.80. The van der Waals surface area contributed by atoms with Gasteiger partial charge in [-0.3, -0.25) is 0 Å². The van der Waals surface area contributed by atoms with Crippen molar-refractivity contribution in [3.8, 4) is 5.75 Å². The molecular formula is C14H21N3O. The van der Waals surface area contributed by atoms with Crippen LogP contribution in [0.2, 0.25) is 0 Å². The molecule has 0 unspecified atom stereocenters. The second-order valence-electron chi connectivity index (χ2n) is 4.79. The first-order valence-electron chi connectivity index (χ1n) is 6.86. The molecule has 1 saturated heterocycles. The molecule has 4 nitrogen and oxygen atoms in total. The number of fused-ring (bicyclic) bond motifs is 1. The quantitative estimate of drug-likeness (QED) is 0.853. The third-order valence-corrected chi connectivity index (χ3v) is 3.75. The first kappa shape index (κ1) is 11.7. The van der Waals surface area contributed by atoms with Gasteiger partial charge in [-0.1, -0.05) is 6.07 Å². The predicted molar refractivity (Wildman–Crippen MR) is 74.9 cm³/mol. The Kier molecular flexibility index (Phi) is 3.28. The van der Waals surface area contributed by atoms with Crippen LogP contribution in [-0.2, 0) is 0 Å². The van der Waals surface area contributed by atoms with Gasteiger partial charge in [-0.25, -0.2) is 0 Å². The summed E-state index contributed by atoms with van der Waals surface area (Å²) in [7, 11) is 0. The normalized spacial score (nSPS) is 19.4. The summed E-state index contributed by atoms with van der Waals surface area (Å²) in [6, 6.07) is 6.42. The van der Waals surface area contributed by atoms with E-state index in [1.165, 1.54) is 11.4 Å². The van der Waals surface area contributed by atoms with Gasteiger partial charge in [-0.15, -0.1) is 0 Å². The molecule has 0 radical (unpaired) electrons. The van der Waals surface area contributed by atoms with E-state index in [4.69, 9.17) is 4.74 Å². The number of nitrogens with zero attached hydrogens (tertiary/aromatic N) is 2. The van der Waals surface area contributed by atoms with Crippen LogP contribution in [-0.4, -0.2) is 45.9 Å². The monoisotopic (exact) mass is 247 g/mol. The summed E-state index contributed by atoms with van der Waals surface area (Å²) in [4.78, 5) is 4.89. The third-order valence-electron chi connectivity index (χ3n) is 3.75. The van der Waals surface area contributed by atoms with Crippen LogP contribution in [0.4, 0.5) is 11.4 Å². The number of ether oxygens (including phenoxy) is 1. The Morgan fingerprint density at radius 1 is 1.22 bits per heavy atom. The molecule has 1 fully saturated rings. The molecule has 0 amide bonds. The summed E-state index contributed by atoms with van der Waals surface area (Å²) in [5, 5.41) is 3.40. The van der Waals surface area contributed by atoms with E-state index in [1.807, 2.05) is 0 Å². The Labute approximate surface area is 109 Å². The molecule has 0 bridgehead atoms. The van der Waals surface area contributed by atoms with Gasteiger partial charge < -0.3 is 19.9 Å². The molecule has 0 saturated carbocycles. The minimum absolute atomic E-state index is 0.797. The molecule has 1 N–H and O–H groups in total. The van der Waals surface area contributed by atoms with Crippen LogP contribution in [0.5, 0.6) is 5.75 Å². The molecule has 1 aromatic rings. The van der Waals surface area contributed by atoms with Crippen molar-refractivity contribution in [3.05, 3.63) is 18.2 Å². The Morgan fingerprint density at radius 2 is 2.06 bits per heavy atom. The molecule has 0 aliphatic carbocycles. The van der Waals surface area contributed by atoms with Gasteiger partial charge in [0.1, 0.15) is 18.0 Å². The van der Waals surface area contributed by atoms with Crippen molar-refractivity contribution in [1.82, 2.24) is 5.32 Å². The van der Waals surface area contributed by atoms with Gasteiger partial charge in [-0.05, 0) is 19.1 Å². The number of benzene rings is 1. The van der Waals surface area contributed by atoms with Gasteiger partial charge in [0, 0.05) is 32.7 Å². The summed E-state index contributed by atoms with van der Waals surface area (Å²) < 4.78 is 5.80. The Morgan fingerprint density at radius 3 is 2.83 bits per heavy atom. The van der Waals surface area contributed by atoms with Crippen LogP contribution in [0.1, 0.15) is 6.92 Å². The number of likely N-dealkylation sites (N-methyl/N-ethyl adjacent to an activating group) is 1. The maximum absolute atomic E-state index is 5.80. The lowest BCUT2D eigenvalue weighted by Crippen LogP contribution is -2.44. The molecule has 98 valence electrons. The maximum Gasteiger partial charge on any atom is 0.144 e. The van der Waals surface area contributed by atoms with Crippen LogP contribution in [0.3, 0.4) is 0 Å². The van der Waals surface area contributed by atoms with Gasteiger partial charge in [0.2, 0.25) is 0 Å². The Hall–Kier alpha value is -1.42. The standard InChI is InChI=1S/C14H21N3O/c1-2-16-10-11-18-13-5-3-4-12(14(13)16)17-8-6-15-7-9-17/h3-5,15H,2,6-11H2,1H3. The van der Waals surface area contributed by atoms with E-state index in [0.29, 0.717) is 0 Å². The molecule has 4 heteroatoms. The van der Waals surface area contributed by atoms with E-state index in [9.17, 15) is 0 Å². The van der Waals surface area contributed by atoms with Crippen molar-refractivity contribution >= 4 is 11.4 Å². The van der Waals surface area contributed by atoms with Gasteiger partial charge in [0.15, 0.2) is 0 Å². The molecule has 0 atom stereocenters. The Bertz CT molecular complexity index is 416. The molecule has 0 aromatic heterocycles. The van der Waals surface area contributed by atoms with Crippen LogP contribution >= 0.6 is 0 Å². The van der Waals surface area contributed by atoms with Crippen LogP contribution in [0.15, 0.2) is 18.2 Å². The third kappa shape index (κ3) is 2.01. The highest BCUT2D eigenvalue weighted by atomic mass is 16.5. The van der Waals surface area contributed by atoms with E-state index < -0.39 is 0 Å². The Balaban J connectivity index is 1.98. The average Bonchev–Trinajstić information content (AvgIpc) is 2.47. The van der Waals surface area contributed by atoms with Crippen molar-refractivity contribution in [2.45, 2.75) is 6.92 Å². The number of para-hydroxylation sites is 1. The molecule has 2 aliphatic rings. The van der Waals surface area contributed by atoms with E-state index in [0.717, 1.165) is 51.6 Å². The molecule has 3 rings (SSSR count). The van der Waals surface area contributed by atoms with E-state index in [2.05, 4.69) is 40.2 Å². The number of rotatable bonds is 2. The average molecular weight is 247 g/mol. The van der Waals surface area contributed by atoms with Crippen molar-refractivity contribution in [2.75, 3.05) is 55.7 Å². The largest absolute Gasteiger partial charge is 0.489 e. The zero-order valence-electron chi connectivity index (χ0n) is 11.0. The highest BCUT2D eigenvalue weighted by Gasteiger charge is 2.23. The minimum Gasteiger partial charge on any atom is -0.489 e. The number of hydrogen-bond acceptors (Lipinski definition) is 4. The SMILES string of the molecule is CCN1CCOc2cccc(N3CCNCC3)c21. The van der Waals surface area contributed by atoms with Gasteiger partial charge in [0.25, 0.3) is 0 Å². The van der Waals surface area contributed by atoms with Crippen molar-refractivity contribution < 1.29 is 4.74 Å². The zero-order valence-corrected chi connectivity index (χ0v) is 11.0. The van der Waals surface area contributed by atoms with Crippen molar-refractivity contribution in [1.29, 1.82) is 0 Å². The van der Waals surface area contributed by atoms with E-state index in [1.54, 1.807) is 0 Å². The molecule has 18 heavy (non-hydrogen) atoms. The summed E-state index contributed by atoms with van der Waals surface area (Å²) in [5.41, 5.74) is 2.61. The summed E-state index contributed by atoms with van der Waals surface area (Å²) in [6.07, 6.45) is 0. The van der Waals surface area contributed by atoms with Gasteiger partial charge in [-0.2, -0.15) is 0 Å². The lowest BCUT2D eigenvalue weighted by Gasteiger charge is -2.37. The number of hydrogen-bond donors (Lipinski definition) is 1. The van der Waals surface area contributed by atoms with Crippen LogP contribution in [0.25, 0.3) is 0 Å². The van der Waals surface area contributed by atoms with E-state index in [-0.39, 0.29) is 0 Å². The molecule has 2 heterocycles. The minimum atomic E-state index is 0.797. The second kappa shape index (κ2) is 5.06. The predicted octanol–water partition coefficient (Wildman–Crippen LogP) is 1.31. The fourth-order valence-electron chi connectivity index (χ4n) is 2.80. The van der Waals surface area contributed by atoms with Crippen molar-refractivity contribution in [2.24, 2.45) is 0 Å². The first-order valence-corrected chi connectivity index (χ1v) is 6.86. The fourth-order valence-corrected chi connectivity index (χ4v) is 2.80. The molecular weight excluding hydrogens is 226 g/mol. The lowest BCUT2D eigenvalue weighted by molar-refractivity contribution is 0.308. The van der Waals surface area contributed by atoms with Gasteiger partial charge in [0.05, 0.1) is 12.2 Å². The van der Waals surface area contributed by atoms with Gasteiger partial charge >= 0.3 is 0 Å². The fraction of sp³-hybridized carbons (Fsp3) is 0.571. The van der Waals surface area contributed by atoms with Crippen LogP contribution < -0.4 is 19.9 Å². The topological polar surface area (TPSA) is 27.7 Å². The smallest absolute Gasteiger partial charge is 0.144 e. The molecule has 2 aliphatic heterocycles. The number of anilines is 2. The van der Waals surface area contributed by atoms with Crippen LogP contribution in [0, 0.1) is 0 Å². The zero-order chi connectivity index (χ0) is 12.4.